The molecule has 0 bridgehead atoms. The zero-order valence-electron chi connectivity index (χ0n) is 35.7. The molecule has 3 amide bonds. The monoisotopic (exact) mass is 830 g/mol. The van der Waals surface area contributed by atoms with Crippen LogP contribution >= 0.6 is 0 Å². The number of nitrogens with zero attached hydrogens (tertiary/aromatic N) is 8. The van der Waals surface area contributed by atoms with E-state index < -0.39 is 11.9 Å². The normalized spacial score (nSPS) is 24.0. The molecule has 15 nitrogen and oxygen atoms in total. The van der Waals surface area contributed by atoms with E-state index in [1.807, 2.05) is 24.3 Å². The fourth-order valence-corrected chi connectivity index (χ4v) is 10.4. The van der Waals surface area contributed by atoms with Crippen molar-refractivity contribution in [1.82, 2.24) is 40.2 Å². The Balaban J connectivity index is 0.686. The van der Waals surface area contributed by atoms with Crippen LogP contribution in [0.15, 0.2) is 42.7 Å². The number of methoxy groups -OCH3 is 1. The summed E-state index contributed by atoms with van der Waals surface area (Å²) in [5.74, 6) is 3.01. The predicted octanol–water partition coefficient (Wildman–Crippen LogP) is 4.86. The number of carbonyl (C=O) groups excluding carboxylic acids is 3. The third-order valence-electron chi connectivity index (χ3n) is 14.3. The van der Waals surface area contributed by atoms with E-state index in [0.717, 1.165) is 148 Å². The molecule has 2 aromatic heterocycles. The molecule has 1 aliphatic carbocycles. The molecule has 0 radical (unpaired) electrons. The number of aromatic amines is 1. The van der Waals surface area contributed by atoms with Gasteiger partial charge < -0.3 is 29.1 Å². The van der Waals surface area contributed by atoms with E-state index >= 15 is 0 Å². The third-order valence-corrected chi connectivity index (χ3v) is 14.3. The molecule has 7 heterocycles. The molecule has 61 heavy (non-hydrogen) atoms. The number of hydrogen-bond donors (Lipinski definition) is 2. The topological polar surface area (TPSA) is 152 Å². The summed E-state index contributed by atoms with van der Waals surface area (Å²) in [6.07, 6.45) is 8.95. The molecule has 1 saturated carbocycles. The van der Waals surface area contributed by atoms with Gasteiger partial charge in [0, 0.05) is 93.9 Å². The highest BCUT2D eigenvalue weighted by atomic mass is 16.5. The number of hydrogen-bond acceptors (Lipinski definition) is 12. The summed E-state index contributed by atoms with van der Waals surface area (Å²) < 4.78 is 12.2. The Morgan fingerprint density at radius 1 is 0.869 bits per heavy atom. The Bertz CT molecular complexity index is 2310. The number of benzene rings is 2. The molecule has 0 spiro atoms. The lowest BCUT2D eigenvalue weighted by Gasteiger charge is -2.44. The van der Waals surface area contributed by atoms with Gasteiger partial charge in [-0.05, 0) is 101 Å². The van der Waals surface area contributed by atoms with Crippen molar-refractivity contribution in [3.8, 4) is 22.9 Å². The fourth-order valence-electron chi connectivity index (χ4n) is 10.4. The van der Waals surface area contributed by atoms with E-state index in [1.165, 1.54) is 0 Å². The molecular formula is C46H58N10O5. The smallest absolute Gasteiger partial charge is 0.255 e. The van der Waals surface area contributed by atoms with Crippen molar-refractivity contribution in [2.75, 3.05) is 75.8 Å². The number of ether oxygens (including phenoxy) is 2. The van der Waals surface area contributed by atoms with E-state index in [0.29, 0.717) is 36.4 Å². The second-order valence-corrected chi connectivity index (χ2v) is 18.6. The minimum Gasteiger partial charge on any atom is -0.494 e. The van der Waals surface area contributed by atoms with Gasteiger partial charge in [0.05, 0.1) is 30.6 Å². The second-order valence-electron chi connectivity index (χ2n) is 18.6. The molecule has 5 aliphatic heterocycles. The summed E-state index contributed by atoms with van der Waals surface area (Å²) in [4.78, 5) is 58.9. The molecule has 15 heteroatoms. The lowest BCUT2D eigenvalue weighted by Crippen LogP contribution is -2.54. The Hall–Kier alpha value is -5.28. The van der Waals surface area contributed by atoms with Crippen LogP contribution in [-0.4, -0.2) is 136 Å². The first kappa shape index (κ1) is 39.8. The minimum absolute atomic E-state index is 0.0402. The van der Waals surface area contributed by atoms with Gasteiger partial charge in [-0.15, -0.1) is 0 Å². The van der Waals surface area contributed by atoms with Crippen LogP contribution in [-0.2, 0) is 16.1 Å². The highest BCUT2D eigenvalue weighted by molar-refractivity contribution is 6.06. The number of imide groups is 1. The average molecular weight is 831 g/mol. The lowest BCUT2D eigenvalue weighted by atomic mass is 9.93. The molecule has 5 fully saturated rings. The lowest BCUT2D eigenvalue weighted by molar-refractivity contribution is -0.136. The number of fused-ring (bicyclic) bond motifs is 2. The van der Waals surface area contributed by atoms with E-state index in [-0.39, 0.29) is 23.8 Å². The quantitative estimate of drug-likeness (QED) is 0.199. The van der Waals surface area contributed by atoms with Crippen molar-refractivity contribution < 1.29 is 23.9 Å². The number of anilines is 2. The van der Waals surface area contributed by atoms with Crippen LogP contribution in [0.4, 0.5) is 11.5 Å². The van der Waals surface area contributed by atoms with Crippen LogP contribution in [0.5, 0.6) is 11.5 Å². The maximum atomic E-state index is 13.4. The number of nitrogens with one attached hydrogen (secondary N) is 2. The maximum absolute atomic E-state index is 13.4. The molecule has 10 rings (SSSR count). The predicted molar refractivity (Wildman–Crippen MR) is 232 cm³/mol. The van der Waals surface area contributed by atoms with Crippen molar-refractivity contribution in [3.63, 3.8) is 0 Å². The van der Waals surface area contributed by atoms with Crippen molar-refractivity contribution >= 4 is 40.1 Å². The molecule has 4 saturated heterocycles. The Kier molecular flexibility index (Phi) is 10.6. The summed E-state index contributed by atoms with van der Waals surface area (Å²) >= 11 is 0. The number of rotatable bonds is 11. The molecule has 322 valence electrons. The van der Waals surface area contributed by atoms with E-state index in [1.54, 1.807) is 18.3 Å². The summed E-state index contributed by atoms with van der Waals surface area (Å²) in [6.45, 7) is 14.3. The molecule has 6 aliphatic rings. The maximum Gasteiger partial charge on any atom is 0.255 e. The van der Waals surface area contributed by atoms with Crippen LogP contribution in [0.25, 0.3) is 22.3 Å². The average Bonchev–Trinajstić information content (AvgIpc) is 3.68. The van der Waals surface area contributed by atoms with Gasteiger partial charge in [-0.3, -0.25) is 29.7 Å². The standard InChI is InChI=1S/C46H58N10O5/c1-29-24-52(25-30-10-16-53(17-11-30)38-7-5-33-35(43(38)60-3)27-56(45(33)59)39-8-9-41(57)49-44(39)58)20-21-55(29)26-31-12-18-54(19-13-31)40-23-37(47-28-48-40)42-34-22-32(61-46(2)14-15-46)4-6-36(34)50-51-42/h4-7,22-23,28-31,39H,8-21,24-27H2,1-3H3,(H,50,51)(H,49,57,58)/t29-,39?/m1/s1. The number of carbonyl (C=O) groups is 3. The number of aromatic nitrogens is 4. The number of H-pyrrole nitrogens is 1. The van der Waals surface area contributed by atoms with Crippen molar-refractivity contribution in [2.45, 2.75) is 89.4 Å². The van der Waals surface area contributed by atoms with Gasteiger partial charge in [0.1, 0.15) is 41.0 Å². The summed E-state index contributed by atoms with van der Waals surface area (Å²) in [7, 11) is 1.66. The van der Waals surface area contributed by atoms with Crippen LogP contribution in [0, 0.1) is 11.8 Å². The number of piperazine rings is 1. The van der Waals surface area contributed by atoms with Crippen LogP contribution in [0.1, 0.15) is 81.1 Å². The molecule has 2 atom stereocenters. The molecule has 4 aromatic rings. The SMILES string of the molecule is COc1c(N2CCC(CN3CCN(CC4CCN(c5cc(-c6n[nH]c7ccc(OC8(C)CC8)cc67)ncn5)CC4)[C@H](C)C3)CC2)ccc2c1CN(C1CCC(=O)NC1=O)C2=O. The summed E-state index contributed by atoms with van der Waals surface area (Å²) in [5, 5.41) is 11.2. The zero-order chi connectivity index (χ0) is 41.8. The van der Waals surface area contributed by atoms with E-state index in [4.69, 9.17) is 14.5 Å². The summed E-state index contributed by atoms with van der Waals surface area (Å²) in [5.41, 5.74) is 5.01. The first-order valence-corrected chi connectivity index (χ1v) is 22.4. The number of amides is 3. The van der Waals surface area contributed by atoms with E-state index in [2.05, 4.69) is 66.1 Å². The zero-order valence-corrected chi connectivity index (χ0v) is 35.7. The van der Waals surface area contributed by atoms with Crippen LogP contribution < -0.4 is 24.6 Å². The molecule has 2 N–H and O–H groups in total. The van der Waals surface area contributed by atoms with Gasteiger partial charge in [-0.2, -0.15) is 5.10 Å². The molecule has 1 unspecified atom stereocenters. The Morgan fingerprint density at radius 2 is 1.64 bits per heavy atom. The van der Waals surface area contributed by atoms with Gasteiger partial charge in [-0.1, -0.05) is 0 Å². The highest BCUT2D eigenvalue weighted by Crippen LogP contribution is 2.42. The third kappa shape index (κ3) is 8.02. The number of piperidine rings is 3. The van der Waals surface area contributed by atoms with Gasteiger partial charge in [0.2, 0.25) is 11.8 Å². The van der Waals surface area contributed by atoms with Crippen LogP contribution in [0.3, 0.4) is 0 Å². The van der Waals surface area contributed by atoms with Gasteiger partial charge in [0.15, 0.2) is 0 Å². The van der Waals surface area contributed by atoms with Gasteiger partial charge in [-0.25, -0.2) is 9.97 Å². The first-order valence-electron chi connectivity index (χ1n) is 22.4. The molecule has 2 aromatic carbocycles. The first-order chi connectivity index (χ1) is 29.6. The van der Waals surface area contributed by atoms with E-state index in [9.17, 15) is 14.4 Å². The molecular weight excluding hydrogens is 773 g/mol. The van der Waals surface area contributed by atoms with Crippen molar-refractivity contribution in [3.05, 3.63) is 53.9 Å². The van der Waals surface area contributed by atoms with Crippen LogP contribution in [0.2, 0.25) is 0 Å². The Morgan fingerprint density at radius 3 is 2.38 bits per heavy atom. The summed E-state index contributed by atoms with van der Waals surface area (Å²) in [6, 6.07) is 12.0. The largest absolute Gasteiger partial charge is 0.494 e. The second kappa shape index (κ2) is 16.2. The van der Waals surface area contributed by atoms with Crippen molar-refractivity contribution in [1.29, 1.82) is 0 Å². The fraction of sp³-hybridized carbons (Fsp3) is 0.565. The van der Waals surface area contributed by atoms with Gasteiger partial charge in [0.25, 0.3) is 5.91 Å². The Labute approximate surface area is 357 Å². The van der Waals surface area contributed by atoms with Gasteiger partial charge >= 0.3 is 0 Å². The highest BCUT2D eigenvalue weighted by Gasteiger charge is 2.42. The van der Waals surface area contributed by atoms with Crippen molar-refractivity contribution in [2.24, 2.45) is 11.8 Å². The minimum atomic E-state index is -0.642.